The van der Waals surface area contributed by atoms with Crippen LogP contribution in [0.2, 0.25) is 0 Å². The molecule has 0 amide bonds. The Bertz CT molecular complexity index is 299. The Kier molecular flexibility index (Phi) is 6.78. The largest absolute Gasteiger partial charge is 0.302 e. The van der Waals surface area contributed by atoms with Gasteiger partial charge < -0.3 is 4.90 Å². The molecule has 110 valence electrons. The SMILES string of the molecule is CCCNC(C)(C#N)CN(C)CC1CCCN1CC. The highest BCUT2D eigenvalue weighted by atomic mass is 15.2. The summed E-state index contributed by atoms with van der Waals surface area (Å²) in [4.78, 5) is 4.87. The summed E-state index contributed by atoms with van der Waals surface area (Å²) in [6, 6.07) is 3.10. The number of likely N-dealkylation sites (N-methyl/N-ethyl adjacent to an activating group) is 2. The van der Waals surface area contributed by atoms with E-state index in [-0.39, 0.29) is 0 Å². The van der Waals surface area contributed by atoms with Gasteiger partial charge in [0.1, 0.15) is 5.54 Å². The maximum absolute atomic E-state index is 9.37. The van der Waals surface area contributed by atoms with Gasteiger partial charge in [-0.05, 0) is 52.9 Å². The van der Waals surface area contributed by atoms with E-state index in [1.165, 1.54) is 19.4 Å². The van der Waals surface area contributed by atoms with Crippen LogP contribution in [0.25, 0.3) is 0 Å². The van der Waals surface area contributed by atoms with Crippen LogP contribution < -0.4 is 5.32 Å². The van der Waals surface area contributed by atoms with Crippen molar-refractivity contribution in [1.82, 2.24) is 15.1 Å². The quantitative estimate of drug-likeness (QED) is 0.726. The molecule has 1 heterocycles. The molecule has 0 radical (unpaired) electrons. The number of nitrogens with zero attached hydrogens (tertiary/aromatic N) is 3. The smallest absolute Gasteiger partial charge is 0.116 e. The van der Waals surface area contributed by atoms with Gasteiger partial charge >= 0.3 is 0 Å². The first-order chi connectivity index (χ1) is 9.04. The summed E-state index contributed by atoms with van der Waals surface area (Å²) in [5.41, 5.74) is -0.430. The van der Waals surface area contributed by atoms with E-state index in [9.17, 15) is 5.26 Å². The Morgan fingerprint density at radius 1 is 1.47 bits per heavy atom. The summed E-state index contributed by atoms with van der Waals surface area (Å²) in [7, 11) is 2.13. The van der Waals surface area contributed by atoms with Crippen molar-refractivity contribution in [2.24, 2.45) is 0 Å². The monoisotopic (exact) mass is 266 g/mol. The van der Waals surface area contributed by atoms with Crippen LogP contribution in [-0.2, 0) is 0 Å². The van der Waals surface area contributed by atoms with Gasteiger partial charge in [0, 0.05) is 19.1 Å². The lowest BCUT2D eigenvalue weighted by Gasteiger charge is -2.32. The van der Waals surface area contributed by atoms with Crippen molar-refractivity contribution >= 4 is 0 Å². The molecule has 0 aliphatic carbocycles. The fraction of sp³-hybridized carbons (Fsp3) is 0.933. The van der Waals surface area contributed by atoms with Gasteiger partial charge in [0.25, 0.3) is 0 Å². The minimum Gasteiger partial charge on any atom is -0.302 e. The zero-order valence-electron chi connectivity index (χ0n) is 13.1. The molecular weight excluding hydrogens is 236 g/mol. The molecule has 2 atom stereocenters. The molecule has 0 spiro atoms. The fourth-order valence-electron chi connectivity index (χ4n) is 3.01. The molecule has 0 aromatic rings. The van der Waals surface area contributed by atoms with E-state index in [1.807, 2.05) is 6.92 Å². The molecule has 0 aromatic heterocycles. The first-order valence-electron chi connectivity index (χ1n) is 7.63. The van der Waals surface area contributed by atoms with E-state index in [0.29, 0.717) is 6.04 Å². The summed E-state index contributed by atoms with van der Waals surface area (Å²) in [5, 5.41) is 12.7. The Morgan fingerprint density at radius 2 is 2.21 bits per heavy atom. The van der Waals surface area contributed by atoms with Gasteiger partial charge in [0.2, 0.25) is 0 Å². The Hall–Kier alpha value is -0.630. The van der Waals surface area contributed by atoms with Gasteiger partial charge in [-0.15, -0.1) is 0 Å². The summed E-state index contributed by atoms with van der Waals surface area (Å²) in [6.45, 7) is 11.5. The molecule has 1 aliphatic heterocycles. The van der Waals surface area contributed by atoms with Crippen LogP contribution >= 0.6 is 0 Å². The molecule has 1 aliphatic rings. The van der Waals surface area contributed by atoms with E-state index < -0.39 is 5.54 Å². The van der Waals surface area contributed by atoms with Gasteiger partial charge in [0.05, 0.1) is 6.07 Å². The first kappa shape index (κ1) is 16.4. The van der Waals surface area contributed by atoms with Crippen LogP contribution in [0.4, 0.5) is 0 Å². The number of nitriles is 1. The summed E-state index contributed by atoms with van der Waals surface area (Å²) < 4.78 is 0. The normalized spacial score (nSPS) is 23.5. The van der Waals surface area contributed by atoms with Crippen LogP contribution in [-0.4, -0.2) is 61.2 Å². The molecule has 2 unspecified atom stereocenters. The molecular formula is C15H30N4. The standard InChI is InChI=1S/C15H30N4/c1-5-9-17-15(3,12-16)13-18(4)11-14-8-7-10-19(14)6-2/h14,17H,5-11,13H2,1-4H3. The van der Waals surface area contributed by atoms with E-state index >= 15 is 0 Å². The van der Waals surface area contributed by atoms with E-state index in [4.69, 9.17) is 0 Å². The first-order valence-corrected chi connectivity index (χ1v) is 7.63. The van der Waals surface area contributed by atoms with Crippen molar-refractivity contribution in [2.75, 3.05) is 39.8 Å². The van der Waals surface area contributed by atoms with E-state index in [2.05, 4.69) is 42.1 Å². The van der Waals surface area contributed by atoms with Crippen LogP contribution in [0.1, 0.15) is 40.0 Å². The highest BCUT2D eigenvalue weighted by Gasteiger charge is 2.28. The van der Waals surface area contributed by atoms with Crippen molar-refractivity contribution < 1.29 is 0 Å². The lowest BCUT2D eigenvalue weighted by molar-refractivity contribution is 0.179. The second kappa shape index (κ2) is 7.84. The number of hydrogen-bond acceptors (Lipinski definition) is 4. The molecule has 0 saturated carbocycles. The third-order valence-electron chi connectivity index (χ3n) is 4.03. The second-order valence-electron chi connectivity index (χ2n) is 5.99. The van der Waals surface area contributed by atoms with Gasteiger partial charge in [0.15, 0.2) is 0 Å². The molecule has 4 heteroatoms. The molecule has 0 aromatic carbocycles. The molecule has 4 nitrogen and oxygen atoms in total. The number of rotatable bonds is 8. The van der Waals surface area contributed by atoms with Gasteiger partial charge in [-0.2, -0.15) is 5.26 Å². The summed E-state index contributed by atoms with van der Waals surface area (Å²) in [6.07, 6.45) is 3.67. The summed E-state index contributed by atoms with van der Waals surface area (Å²) >= 11 is 0. The van der Waals surface area contributed by atoms with Crippen molar-refractivity contribution in [3.8, 4) is 6.07 Å². The fourth-order valence-corrected chi connectivity index (χ4v) is 3.01. The van der Waals surface area contributed by atoms with Crippen molar-refractivity contribution in [1.29, 1.82) is 5.26 Å². The molecule has 1 fully saturated rings. The van der Waals surface area contributed by atoms with E-state index in [0.717, 1.165) is 32.6 Å². The average Bonchev–Trinajstić information content (AvgIpc) is 2.83. The maximum atomic E-state index is 9.37. The zero-order valence-corrected chi connectivity index (χ0v) is 13.1. The number of likely N-dealkylation sites (tertiary alicyclic amines) is 1. The van der Waals surface area contributed by atoms with Gasteiger partial charge in [-0.25, -0.2) is 0 Å². The predicted octanol–water partition coefficient (Wildman–Crippen LogP) is 1.68. The molecule has 1 N–H and O–H groups in total. The van der Waals surface area contributed by atoms with Crippen LogP contribution in [0.5, 0.6) is 0 Å². The average molecular weight is 266 g/mol. The Balaban J connectivity index is 2.44. The predicted molar refractivity (Wildman–Crippen MR) is 80.1 cm³/mol. The van der Waals surface area contributed by atoms with Crippen molar-refractivity contribution in [3.63, 3.8) is 0 Å². The zero-order chi connectivity index (χ0) is 14.3. The summed E-state index contributed by atoms with van der Waals surface area (Å²) in [5.74, 6) is 0. The minimum absolute atomic E-state index is 0.430. The van der Waals surface area contributed by atoms with Gasteiger partial charge in [-0.1, -0.05) is 13.8 Å². The molecule has 0 bridgehead atoms. The molecule has 1 saturated heterocycles. The number of nitrogens with one attached hydrogen (secondary N) is 1. The lowest BCUT2D eigenvalue weighted by atomic mass is 10.0. The number of hydrogen-bond donors (Lipinski definition) is 1. The molecule has 19 heavy (non-hydrogen) atoms. The third-order valence-corrected chi connectivity index (χ3v) is 4.03. The van der Waals surface area contributed by atoms with Crippen molar-refractivity contribution in [2.45, 2.75) is 51.6 Å². The second-order valence-corrected chi connectivity index (χ2v) is 5.99. The minimum atomic E-state index is -0.430. The molecule has 1 rings (SSSR count). The Morgan fingerprint density at radius 3 is 2.79 bits per heavy atom. The Labute approximate surface area is 118 Å². The van der Waals surface area contributed by atoms with Crippen LogP contribution in [0.15, 0.2) is 0 Å². The topological polar surface area (TPSA) is 42.3 Å². The van der Waals surface area contributed by atoms with E-state index in [1.54, 1.807) is 0 Å². The van der Waals surface area contributed by atoms with Crippen LogP contribution in [0, 0.1) is 11.3 Å². The van der Waals surface area contributed by atoms with Crippen molar-refractivity contribution in [3.05, 3.63) is 0 Å². The van der Waals surface area contributed by atoms with Crippen LogP contribution in [0.3, 0.4) is 0 Å². The highest BCUT2D eigenvalue weighted by Crippen LogP contribution is 2.18. The highest BCUT2D eigenvalue weighted by molar-refractivity contribution is 5.05. The lowest BCUT2D eigenvalue weighted by Crippen LogP contribution is -2.51. The third kappa shape index (κ3) is 5.10. The van der Waals surface area contributed by atoms with Gasteiger partial charge in [-0.3, -0.25) is 10.2 Å². The maximum Gasteiger partial charge on any atom is 0.116 e.